The van der Waals surface area contributed by atoms with Crippen LogP contribution >= 0.6 is 15.9 Å². The molecule has 0 aromatic heterocycles. The molecule has 0 bridgehead atoms. The van der Waals surface area contributed by atoms with E-state index in [0.717, 1.165) is 23.1 Å². The third-order valence-electron chi connectivity index (χ3n) is 3.35. The Kier molecular flexibility index (Phi) is 5.62. The molecule has 3 heteroatoms. The van der Waals surface area contributed by atoms with Crippen LogP contribution in [0.5, 0.6) is 5.75 Å². The first kappa shape index (κ1) is 15.1. The van der Waals surface area contributed by atoms with Crippen molar-refractivity contribution in [3.63, 3.8) is 0 Å². The zero-order valence-electron chi connectivity index (χ0n) is 11.6. The summed E-state index contributed by atoms with van der Waals surface area (Å²) in [6.07, 6.45) is 1.73. The normalized spacial score (nSPS) is 12.2. The summed E-state index contributed by atoms with van der Waals surface area (Å²) in [6, 6.07) is 16.3. The maximum Gasteiger partial charge on any atom is 0.119 e. The molecule has 0 saturated carbocycles. The smallest absolute Gasteiger partial charge is 0.119 e. The highest BCUT2D eigenvalue weighted by Gasteiger charge is 2.10. The van der Waals surface area contributed by atoms with Crippen molar-refractivity contribution in [2.75, 3.05) is 13.7 Å². The van der Waals surface area contributed by atoms with Gasteiger partial charge in [0, 0.05) is 11.1 Å². The van der Waals surface area contributed by atoms with Crippen LogP contribution in [0.15, 0.2) is 53.0 Å². The van der Waals surface area contributed by atoms with E-state index >= 15 is 0 Å². The highest BCUT2D eigenvalue weighted by Crippen LogP contribution is 2.19. The van der Waals surface area contributed by atoms with Crippen LogP contribution in [0.2, 0.25) is 0 Å². The van der Waals surface area contributed by atoms with Crippen molar-refractivity contribution >= 4 is 15.9 Å². The molecular formula is C17H19BrO2. The van der Waals surface area contributed by atoms with E-state index in [0.29, 0.717) is 0 Å². The molecule has 0 radical (unpaired) electrons. The van der Waals surface area contributed by atoms with Crippen LogP contribution in [0.1, 0.15) is 11.1 Å². The second-order valence-corrected chi connectivity index (χ2v) is 5.85. The fourth-order valence-electron chi connectivity index (χ4n) is 2.29. The number of ether oxygens (including phenoxy) is 1. The molecule has 2 nitrogen and oxygen atoms in total. The minimum absolute atomic E-state index is 0.188. The van der Waals surface area contributed by atoms with Crippen LogP contribution < -0.4 is 4.74 Å². The monoisotopic (exact) mass is 334 g/mol. The van der Waals surface area contributed by atoms with Gasteiger partial charge >= 0.3 is 0 Å². The molecule has 0 aliphatic heterocycles. The maximum absolute atomic E-state index is 9.59. The van der Waals surface area contributed by atoms with Crippen LogP contribution in [0, 0.1) is 5.92 Å². The van der Waals surface area contributed by atoms with Gasteiger partial charge in [0.15, 0.2) is 0 Å². The Balaban J connectivity index is 2.02. The number of benzene rings is 2. The molecule has 0 fully saturated rings. The number of methoxy groups -OCH3 is 1. The van der Waals surface area contributed by atoms with Gasteiger partial charge in [-0.05, 0) is 54.2 Å². The third kappa shape index (κ3) is 4.36. The minimum atomic E-state index is 0.188. The van der Waals surface area contributed by atoms with E-state index in [1.807, 2.05) is 30.3 Å². The summed E-state index contributed by atoms with van der Waals surface area (Å²) in [4.78, 5) is 0. The van der Waals surface area contributed by atoms with E-state index in [2.05, 4.69) is 34.1 Å². The Hall–Kier alpha value is -1.32. The van der Waals surface area contributed by atoms with E-state index in [-0.39, 0.29) is 12.5 Å². The van der Waals surface area contributed by atoms with E-state index in [4.69, 9.17) is 4.74 Å². The van der Waals surface area contributed by atoms with Gasteiger partial charge in [-0.25, -0.2) is 0 Å². The molecule has 0 heterocycles. The molecule has 0 spiro atoms. The van der Waals surface area contributed by atoms with Gasteiger partial charge < -0.3 is 9.84 Å². The summed E-state index contributed by atoms with van der Waals surface area (Å²) in [5, 5.41) is 9.59. The number of aliphatic hydroxyl groups is 1. The van der Waals surface area contributed by atoms with Crippen LogP contribution in [-0.2, 0) is 12.8 Å². The largest absolute Gasteiger partial charge is 0.497 e. The Morgan fingerprint density at radius 3 is 2.40 bits per heavy atom. The van der Waals surface area contributed by atoms with Crippen molar-refractivity contribution < 1.29 is 9.84 Å². The summed E-state index contributed by atoms with van der Waals surface area (Å²) in [5.74, 6) is 1.09. The Morgan fingerprint density at radius 1 is 1.05 bits per heavy atom. The lowest BCUT2D eigenvalue weighted by molar-refractivity contribution is 0.225. The lowest BCUT2D eigenvalue weighted by Gasteiger charge is -2.15. The second kappa shape index (κ2) is 7.46. The van der Waals surface area contributed by atoms with Crippen molar-refractivity contribution in [2.45, 2.75) is 12.8 Å². The molecule has 0 aliphatic carbocycles. The fourth-order valence-corrected chi connectivity index (χ4v) is 2.55. The topological polar surface area (TPSA) is 29.5 Å². The van der Waals surface area contributed by atoms with Gasteiger partial charge in [-0.1, -0.05) is 40.2 Å². The van der Waals surface area contributed by atoms with Gasteiger partial charge in [-0.2, -0.15) is 0 Å². The SMILES string of the molecule is COc1cccc(CC(CO)Cc2ccc(Br)cc2)c1. The predicted molar refractivity (Wildman–Crippen MR) is 85.1 cm³/mol. The average molecular weight is 335 g/mol. The van der Waals surface area contributed by atoms with Crippen LogP contribution in [0.3, 0.4) is 0 Å². The molecule has 20 heavy (non-hydrogen) atoms. The van der Waals surface area contributed by atoms with Crippen molar-refractivity contribution in [3.05, 3.63) is 64.1 Å². The van der Waals surface area contributed by atoms with Crippen molar-refractivity contribution in [2.24, 2.45) is 5.92 Å². The van der Waals surface area contributed by atoms with E-state index in [9.17, 15) is 5.11 Å². The van der Waals surface area contributed by atoms with Gasteiger partial charge in [-0.3, -0.25) is 0 Å². The number of rotatable bonds is 6. The quantitative estimate of drug-likeness (QED) is 0.869. The van der Waals surface area contributed by atoms with Crippen molar-refractivity contribution in [3.8, 4) is 5.75 Å². The van der Waals surface area contributed by atoms with Crippen LogP contribution in [-0.4, -0.2) is 18.8 Å². The highest BCUT2D eigenvalue weighted by atomic mass is 79.9. The van der Waals surface area contributed by atoms with Crippen molar-refractivity contribution in [1.82, 2.24) is 0 Å². The van der Waals surface area contributed by atoms with Crippen molar-refractivity contribution in [1.29, 1.82) is 0 Å². The van der Waals surface area contributed by atoms with Crippen LogP contribution in [0.4, 0.5) is 0 Å². The summed E-state index contributed by atoms with van der Waals surface area (Å²) >= 11 is 3.44. The highest BCUT2D eigenvalue weighted by molar-refractivity contribution is 9.10. The van der Waals surface area contributed by atoms with Gasteiger partial charge in [0.05, 0.1) is 7.11 Å². The molecule has 0 amide bonds. The minimum Gasteiger partial charge on any atom is -0.497 e. The van der Waals surface area contributed by atoms with E-state index < -0.39 is 0 Å². The lowest BCUT2D eigenvalue weighted by Crippen LogP contribution is -2.13. The first-order valence-corrected chi connectivity index (χ1v) is 7.49. The number of hydrogen-bond donors (Lipinski definition) is 1. The molecule has 2 aromatic rings. The maximum atomic E-state index is 9.59. The second-order valence-electron chi connectivity index (χ2n) is 4.93. The van der Waals surface area contributed by atoms with E-state index in [1.165, 1.54) is 11.1 Å². The fraction of sp³-hybridized carbons (Fsp3) is 0.294. The predicted octanol–water partition coefficient (Wildman–Crippen LogP) is 3.85. The molecule has 0 saturated heterocycles. The molecule has 1 unspecified atom stereocenters. The Labute approximate surface area is 128 Å². The third-order valence-corrected chi connectivity index (χ3v) is 3.88. The molecular weight excluding hydrogens is 316 g/mol. The van der Waals surface area contributed by atoms with Gasteiger partial charge in [0.25, 0.3) is 0 Å². The lowest BCUT2D eigenvalue weighted by atomic mass is 9.93. The molecule has 2 aromatic carbocycles. The summed E-state index contributed by atoms with van der Waals surface area (Å²) in [7, 11) is 1.67. The Bertz CT molecular complexity index is 537. The number of hydrogen-bond acceptors (Lipinski definition) is 2. The van der Waals surface area contributed by atoms with Gasteiger partial charge in [-0.15, -0.1) is 0 Å². The standard InChI is InChI=1S/C17H19BrO2/c1-20-17-4-2-3-14(11-17)10-15(12-19)9-13-5-7-16(18)8-6-13/h2-8,11,15,19H,9-10,12H2,1H3. The molecule has 0 aliphatic rings. The molecule has 1 atom stereocenters. The molecule has 1 N–H and O–H groups in total. The number of aliphatic hydroxyl groups excluding tert-OH is 1. The van der Waals surface area contributed by atoms with Gasteiger partial charge in [0.2, 0.25) is 0 Å². The summed E-state index contributed by atoms with van der Waals surface area (Å²) in [6.45, 7) is 0.188. The number of halogens is 1. The first-order valence-electron chi connectivity index (χ1n) is 6.69. The van der Waals surface area contributed by atoms with Gasteiger partial charge in [0.1, 0.15) is 5.75 Å². The van der Waals surface area contributed by atoms with E-state index in [1.54, 1.807) is 7.11 Å². The zero-order valence-corrected chi connectivity index (χ0v) is 13.1. The first-order chi connectivity index (χ1) is 9.71. The molecule has 106 valence electrons. The molecule has 2 rings (SSSR count). The zero-order chi connectivity index (χ0) is 14.4. The summed E-state index contributed by atoms with van der Waals surface area (Å²) < 4.78 is 6.31. The Morgan fingerprint density at radius 2 is 1.75 bits per heavy atom. The van der Waals surface area contributed by atoms with Crippen LogP contribution in [0.25, 0.3) is 0 Å². The summed E-state index contributed by atoms with van der Waals surface area (Å²) in [5.41, 5.74) is 2.44. The average Bonchev–Trinajstić information content (AvgIpc) is 2.49.